The summed E-state index contributed by atoms with van der Waals surface area (Å²) >= 11 is 0. The van der Waals surface area contributed by atoms with Crippen molar-refractivity contribution in [2.45, 2.75) is 38.3 Å². The number of ether oxygens (including phenoxy) is 2. The van der Waals surface area contributed by atoms with Crippen LogP contribution in [0, 0.1) is 0 Å². The average Bonchev–Trinajstić information content (AvgIpc) is 2.97. The Labute approximate surface area is 158 Å². The van der Waals surface area contributed by atoms with Gasteiger partial charge in [0.15, 0.2) is 5.58 Å². The lowest BCUT2D eigenvalue weighted by Crippen LogP contribution is -2.28. The number of alkyl halides is 3. The van der Waals surface area contributed by atoms with Gasteiger partial charge < -0.3 is 13.9 Å². The second kappa shape index (κ2) is 7.35. The minimum atomic E-state index is -4.73. The molecule has 3 aromatic rings. The molecule has 0 saturated carbocycles. The molecule has 4 rings (SSSR count). The average molecular weight is 393 g/mol. The fraction of sp³-hybridized carbons (Fsp3) is 0.350. The molecule has 2 aromatic carbocycles. The number of fused-ring (bicyclic) bond motifs is 1. The highest BCUT2D eigenvalue weighted by Gasteiger charge is 2.31. The van der Waals surface area contributed by atoms with Crippen LogP contribution in [0.3, 0.4) is 0 Å². The Morgan fingerprint density at radius 3 is 2.50 bits per heavy atom. The summed E-state index contributed by atoms with van der Waals surface area (Å²) in [6.45, 7) is 1.10. The van der Waals surface area contributed by atoms with Gasteiger partial charge in [-0.15, -0.1) is 13.2 Å². The van der Waals surface area contributed by atoms with E-state index in [1.54, 1.807) is 22.8 Å². The molecule has 0 radical (unpaired) electrons. The predicted molar refractivity (Wildman–Crippen MR) is 96.2 cm³/mol. The van der Waals surface area contributed by atoms with Gasteiger partial charge >= 0.3 is 12.1 Å². The summed E-state index contributed by atoms with van der Waals surface area (Å²) in [5, 5.41) is 0. The van der Waals surface area contributed by atoms with Gasteiger partial charge in [-0.2, -0.15) is 0 Å². The van der Waals surface area contributed by atoms with E-state index < -0.39 is 12.1 Å². The molecule has 1 fully saturated rings. The quantitative estimate of drug-likeness (QED) is 0.643. The van der Waals surface area contributed by atoms with Crippen LogP contribution in [0.25, 0.3) is 22.2 Å². The first-order valence-corrected chi connectivity index (χ1v) is 9.00. The minimum absolute atomic E-state index is 0.0327. The summed E-state index contributed by atoms with van der Waals surface area (Å²) in [4.78, 5) is 12.3. The number of rotatable bonds is 4. The van der Waals surface area contributed by atoms with E-state index in [1.165, 1.54) is 24.3 Å². The second-order valence-corrected chi connectivity index (χ2v) is 6.72. The minimum Gasteiger partial charge on any atom is -0.408 e. The van der Waals surface area contributed by atoms with Crippen LogP contribution in [0.15, 0.2) is 51.7 Å². The summed E-state index contributed by atoms with van der Waals surface area (Å²) in [7, 11) is 0. The van der Waals surface area contributed by atoms with Crippen LogP contribution in [0.5, 0.6) is 5.75 Å². The standard InChI is InChI=1S/C20H18F3NO4/c21-20(22,23)28-15-7-4-13(5-8-15)14-6-9-18-17(11-14)24(19(25)27-18)12-16-3-1-2-10-26-16/h4-9,11,16H,1-3,10,12H2. The second-order valence-electron chi connectivity index (χ2n) is 6.72. The lowest BCUT2D eigenvalue weighted by atomic mass is 10.0. The van der Waals surface area contributed by atoms with E-state index in [9.17, 15) is 18.0 Å². The number of nitrogens with zero attached hydrogens (tertiary/aromatic N) is 1. The van der Waals surface area contributed by atoms with E-state index in [0.29, 0.717) is 29.8 Å². The van der Waals surface area contributed by atoms with Crippen molar-refractivity contribution in [2.24, 2.45) is 0 Å². The highest BCUT2D eigenvalue weighted by Crippen LogP contribution is 2.28. The third-order valence-corrected chi connectivity index (χ3v) is 4.75. The molecule has 1 aliphatic heterocycles. The molecule has 28 heavy (non-hydrogen) atoms. The molecule has 1 saturated heterocycles. The van der Waals surface area contributed by atoms with Gasteiger partial charge in [-0.3, -0.25) is 4.57 Å². The Balaban J connectivity index is 1.63. The van der Waals surface area contributed by atoms with Crippen molar-refractivity contribution in [1.29, 1.82) is 0 Å². The summed E-state index contributed by atoms with van der Waals surface area (Å²) in [6, 6.07) is 10.8. The van der Waals surface area contributed by atoms with E-state index in [4.69, 9.17) is 9.15 Å². The molecule has 148 valence electrons. The van der Waals surface area contributed by atoms with Gasteiger partial charge in [0, 0.05) is 6.61 Å². The molecule has 1 unspecified atom stereocenters. The van der Waals surface area contributed by atoms with Crippen LogP contribution in [0.2, 0.25) is 0 Å². The molecule has 1 aliphatic rings. The summed E-state index contributed by atoms with van der Waals surface area (Å²) in [6.07, 6.45) is -1.79. The van der Waals surface area contributed by atoms with E-state index >= 15 is 0 Å². The molecule has 5 nitrogen and oxygen atoms in total. The number of hydrogen-bond acceptors (Lipinski definition) is 4. The van der Waals surface area contributed by atoms with Gasteiger partial charge in [0.25, 0.3) is 0 Å². The van der Waals surface area contributed by atoms with Crippen molar-refractivity contribution in [2.75, 3.05) is 6.61 Å². The Hall–Kier alpha value is -2.74. The maximum atomic E-state index is 12.3. The molecule has 1 atom stereocenters. The van der Waals surface area contributed by atoms with Gasteiger partial charge in [-0.25, -0.2) is 4.79 Å². The number of hydrogen-bond donors (Lipinski definition) is 0. The molecule has 0 aliphatic carbocycles. The normalized spacial score (nSPS) is 17.8. The molecule has 8 heteroatoms. The maximum absolute atomic E-state index is 12.3. The summed E-state index contributed by atoms with van der Waals surface area (Å²) in [5.41, 5.74) is 2.55. The lowest BCUT2D eigenvalue weighted by molar-refractivity contribution is -0.274. The Morgan fingerprint density at radius 2 is 1.82 bits per heavy atom. The third-order valence-electron chi connectivity index (χ3n) is 4.75. The number of benzene rings is 2. The lowest BCUT2D eigenvalue weighted by Gasteiger charge is -2.22. The number of aromatic nitrogens is 1. The topological polar surface area (TPSA) is 53.6 Å². The molecular weight excluding hydrogens is 375 g/mol. The third kappa shape index (κ3) is 4.06. The van der Waals surface area contributed by atoms with Gasteiger partial charge in [-0.1, -0.05) is 18.2 Å². The first-order valence-electron chi connectivity index (χ1n) is 9.00. The Morgan fingerprint density at radius 1 is 1.07 bits per heavy atom. The maximum Gasteiger partial charge on any atom is 0.573 e. The van der Waals surface area contributed by atoms with Crippen LogP contribution in [0.4, 0.5) is 13.2 Å². The van der Waals surface area contributed by atoms with Crippen molar-refractivity contribution in [3.8, 4) is 16.9 Å². The van der Waals surface area contributed by atoms with Crippen molar-refractivity contribution in [1.82, 2.24) is 4.57 Å². The monoisotopic (exact) mass is 393 g/mol. The Bertz CT molecular complexity index is 1010. The van der Waals surface area contributed by atoms with Crippen LogP contribution in [-0.2, 0) is 11.3 Å². The van der Waals surface area contributed by atoms with Gasteiger partial charge in [-0.05, 0) is 54.7 Å². The largest absolute Gasteiger partial charge is 0.573 e. The number of halogens is 3. The zero-order valence-electron chi connectivity index (χ0n) is 14.9. The smallest absolute Gasteiger partial charge is 0.408 e. The highest BCUT2D eigenvalue weighted by molar-refractivity contribution is 5.80. The summed E-state index contributed by atoms with van der Waals surface area (Å²) < 4.78 is 53.4. The first kappa shape index (κ1) is 18.6. The van der Waals surface area contributed by atoms with Crippen LogP contribution < -0.4 is 10.5 Å². The highest BCUT2D eigenvalue weighted by atomic mass is 19.4. The molecule has 1 aromatic heterocycles. The van der Waals surface area contributed by atoms with Gasteiger partial charge in [0.1, 0.15) is 5.75 Å². The molecule has 0 spiro atoms. The van der Waals surface area contributed by atoms with Gasteiger partial charge in [0.05, 0.1) is 18.2 Å². The van der Waals surface area contributed by atoms with E-state index in [-0.39, 0.29) is 11.9 Å². The zero-order chi connectivity index (χ0) is 19.7. The Kier molecular flexibility index (Phi) is 4.89. The first-order chi connectivity index (χ1) is 13.4. The van der Waals surface area contributed by atoms with Crippen molar-refractivity contribution >= 4 is 11.1 Å². The van der Waals surface area contributed by atoms with Crippen LogP contribution in [-0.4, -0.2) is 23.6 Å². The van der Waals surface area contributed by atoms with E-state index in [1.807, 2.05) is 0 Å². The zero-order valence-corrected chi connectivity index (χ0v) is 14.9. The SMILES string of the molecule is O=c1oc2ccc(-c3ccc(OC(F)(F)F)cc3)cc2n1CC1CCCCO1. The fourth-order valence-corrected chi connectivity index (χ4v) is 3.42. The van der Waals surface area contributed by atoms with Crippen molar-refractivity contribution < 1.29 is 27.1 Å². The molecular formula is C20H18F3NO4. The van der Waals surface area contributed by atoms with Crippen molar-refractivity contribution in [3.05, 3.63) is 53.0 Å². The van der Waals surface area contributed by atoms with Crippen LogP contribution in [0.1, 0.15) is 19.3 Å². The fourth-order valence-electron chi connectivity index (χ4n) is 3.42. The number of oxazole rings is 1. The van der Waals surface area contributed by atoms with Gasteiger partial charge in [0.2, 0.25) is 0 Å². The van der Waals surface area contributed by atoms with Crippen molar-refractivity contribution in [3.63, 3.8) is 0 Å². The van der Waals surface area contributed by atoms with Crippen LogP contribution >= 0.6 is 0 Å². The molecule has 0 bridgehead atoms. The molecule has 0 N–H and O–H groups in total. The van der Waals surface area contributed by atoms with E-state index in [0.717, 1.165) is 24.8 Å². The van der Waals surface area contributed by atoms with E-state index in [2.05, 4.69) is 4.74 Å². The molecule has 0 amide bonds. The summed E-state index contributed by atoms with van der Waals surface area (Å²) in [5.74, 6) is -0.734. The molecule has 2 heterocycles. The predicted octanol–water partition coefficient (Wildman–Crippen LogP) is 4.73.